The Balaban J connectivity index is 2.28. The summed E-state index contributed by atoms with van der Waals surface area (Å²) in [6.45, 7) is 0. The van der Waals surface area contributed by atoms with Crippen LogP contribution in [0.15, 0.2) is 52.3 Å². The topological polar surface area (TPSA) is 37.3 Å². The van der Waals surface area contributed by atoms with E-state index in [-0.39, 0.29) is 10.8 Å². The van der Waals surface area contributed by atoms with Crippen molar-refractivity contribution >= 4 is 47.0 Å². The fourth-order valence-electron chi connectivity index (χ4n) is 1.54. The van der Waals surface area contributed by atoms with Crippen molar-refractivity contribution in [3.63, 3.8) is 0 Å². The average Bonchev–Trinajstić information content (AvgIpc) is 2.45. The first-order valence-corrected chi connectivity index (χ1v) is 7.37. The highest BCUT2D eigenvalue weighted by molar-refractivity contribution is 7.99. The fourth-order valence-corrected chi connectivity index (χ4v) is 2.97. The smallest absolute Gasteiger partial charge is 0.328 e. The molecule has 0 aliphatic rings. The normalized spacial score (nSPS) is 11.0. The number of aliphatic carboxylic acids is 1. The Kier molecular flexibility index (Phi) is 5.28. The van der Waals surface area contributed by atoms with Gasteiger partial charge in [0.1, 0.15) is 5.82 Å². The van der Waals surface area contributed by atoms with Crippen LogP contribution < -0.4 is 0 Å². The van der Waals surface area contributed by atoms with E-state index < -0.39 is 5.97 Å². The van der Waals surface area contributed by atoms with Gasteiger partial charge in [-0.25, -0.2) is 9.18 Å². The van der Waals surface area contributed by atoms with Crippen molar-refractivity contribution in [2.45, 2.75) is 9.79 Å². The van der Waals surface area contributed by atoms with E-state index in [9.17, 15) is 9.18 Å². The number of rotatable bonds is 4. The maximum absolute atomic E-state index is 12.9. The summed E-state index contributed by atoms with van der Waals surface area (Å²) in [4.78, 5) is 12.0. The molecule has 0 fully saturated rings. The summed E-state index contributed by atoms with van der Waals surface area (Å²) < 4.78 is 12.9. The Morgan fingerprint density at radius 2 is 1.76 bits per heavy atom. The first kappa shape index (κ1) is 15.9. The summed E-state index contributed by atoms with van der Waals surface area (Å²) in [7, 11) is 0. The molecule has 6 heteroatoms. The molecular formula is C15H9Cl2FO2S. The second-order valence-corrected chi connectivity index (χ2v) is 5.88. The van der Waals surface area contributed by atoms with Crippen LogP contribution in [0.25, 0.3) is 6.08 Å². The van der Waals surface area contributed by atoms with Crippen LogP contribution in [0.1, 0.15) is 5.56 Å². The molecule has 0 aliphatic heterocycles. The summed E-state index contributed by atoms with van der Waals surface area (Å²) in [5.74, 6) is -1.37. The molecule has 2 nitrogen and oxygen atoms in total. The quantitative estimate of drug-likeness (QED) is 0.757. The number of hydrogen-bond acceptors (Lipinski definition) is 2. The number of carboxylic acids is 1. The molecule has 1 N–H and O–H groups in total. The summed E-state index contributed by atoms with van der Waals surface area (Å²) in [5, 5.41) is 9.22. The lowest BCUT2D eigenvalue weighted by Gasteiger charge is -2.08. The van der Waals surface area contributed by atoms with Crippen molar-refractivity contribution in [2.24, 2.45) is 0 Å². The van der Waals surface area contributed by atoms with Crippen LogP contribution in [0.4, 0.5) is 4.39 Å². The third-order valence-corrected chi connectivity index (χ3v) is 4.60. The molecular weight excluding hydrogens is 334 g/mol. The minimum absolute atomic E-state index is 0.279. The summed E-state index contributed by atoms with van der Waals surface area (Å²) in [5.41, 5.74) is 0.521. The molecule has 108 valence electrons. The lowest BCUT2D eigenvalue weighted by Crippen LogP contribution is -1.87. The minimum Gasteiger partial charge on any atom is -0.478 e. The standard InChI is InChI=1S/C15H9Cl2FO2S/c16-14-9(2-8-13(19)20)1-7-12(15(14)17)21-11-5-3-10(18)4-6-11/h1-8H,(H,19,20)/b8-2+. The highest BCUT2D eigenvalue weighted by Crippen LogP contribution is 2.39. The van der Waals surface area contributed by atoms with E-state index in [0.29, 0.717) is 15.5 Å². The van der Waals surface area contributed by atoms with Gasteiger partial charge in [0.05, 0.1) is 10.0 Å². The van der Waals surface area contributed by atoms with Gasteiger partial charge in [0.2, 0.25) is 0 Å². The van der Waals surface area contributed by atoms with Gasteiger partial charge in [0.15, 0.2) is 0 Å². The summed E-state index contributed by atoms with van der Waals surface area (Å²) in [6.07, 6.45) is 2.37. The first-order chi connectivity index (χ1) is 9.97. The van der Waals surface area contributed by atoms with Crippen molar-refractivity contribution in [2.75, 3.05) is 0 Å². The third kappa shape index (κ3) is 4.24. The molecule has 0 saturated heterocycles. The highest BCUT2D eigenvalue weighted by Gasteiger charge is 2.10. The van der Waals surface area contributed by atoms with Crippen LogP contribution in [0.3, 0.4) is 0 Å². The van der Waals surface area contributed by atoms with E-state index >= 15 is 0 Å². The largest absolute Gasteiger partial charge is 0.478 e. The zero-order valence-electron chi connectivity index (χ0n) is 10.5. The molecule has 0 atom stereocenters. The molecule has 0 spiro atoms. The Hall–Kier alpha value is -1.49. The number of carboxylic acid groups (broad SMARTS) is 1. The van der Waals surface area contributed by atoms with Gasteiger partial charge < -0.3 is 5.11 Å². The van der Waals surface area contributed by atoms with Gasteiger partial charge in [-0.2, -0.15) is 0 Å². The number of halogens is 3. The van der Waals surface area contributed by atoms with Gasteiger partial charge in [-0.05, 0) is 42.0 Å². The molecule has 21 heavy (non-hydrogen) atoms. The van der Waals surface area contributed by atoms with Crippen molar-refractivity contribution in [3.8, 4) is 0 Å². The van der Waals surface area contributed by atoms with Crippen molar-refractivity contribution in [3.05, 3.63) is 63.9 Å². The predicted molar refractivity (Wildman–Crippen MR) is 83.7 cm³/mol. The van der Waals surface area contributed by atoms with Crippen LogP contribution in [-0.4, -0.2) is 11.1 Å². The van der Waals surface area contributed by atoms with E-state index in [1.807, 2.05) is 0 Å². The second-order valence-electron chi connectivity index (χ2n) is 4.01. The van der Waals surface area contributed by atoms with Crippen LogP contribution in [0.2, 0.25) is 10.0 Å². The van der Waals surface area contributed by atoms with Crippen LogP contribution in [-0.2, 0) is 4.79 Å². The molecule has 0 heterocycles. The summed E-state index contributed by atoms with van der Waals surface area (Å²) >= 11 is 13.7. The minimum atomic E-state index is -1.06. The molecule has 0 amide bonds. The number of hydrogen-bond donors (Lipinski definition) is 1. The molecule has 2 aromatic rings. The van der Waals surface area contributed by atoms with E-state index in [1.165, 1.54) is 30.0 Å². The molecule has 2 rings (SSSR count). The van der Waals surface area contributed by atoms with Gasteiger partial charge in [0.25, 0.3) is 0 Å². The molecule has 0 radical (unpaired) electrons. The third-order valence-electron chi connectivity index (χ3n) is 2.52. The highest BCUT2D eigenvalue weighted by atomic mass is 35.5. The van der Waals surface area contributed by atoms with Crippen LogP contribution in [0, 0.1) is 5.82 Å². The molecule has 0 aromatic heterocycles. The maximum atomic E-state index is 12.9. The Morgan fingerprint density at radius 1 is 1.10 bits per heavy atom. The predicted octanol–water partition coefficient (Wildman–Crippen LogP) is 5.38. The molecule has 0 unspecified atom stereocenters. The van der Waals surface area contributed by atoms with Gasteiger partial charge in [-0.1, -0.05) is 41.0 Å². The fraction of sp³-hybridized carbons (Fsp3) is 0. The SMILES string of the molecule is O=C(O)/C=C/c1ccc(Sc2ccc(F)cc2)c(Cl)c1Cl. The molecule has 2 aromatic carbocycles. The van der Waals surface area contributed by atoms with Gasteiger partial charge in [-0.15, -0.1) is 0 Å². The molecule has 0 saturated carbocycles. The Morgan fingerprint density at radius 3 is 2.38 bits per heavy atom. The average molecular weight is 343 g/mol. The second kappa shape index (κ2) is 6.98. The van der Waals surface area contributed by atoms with Gasteiger partial charge in [0, 0.05) is 15.9 Å². The Bertz CT molecular complexity index is 700. The van der Waals surface area contributed by atoms with Gasteiger partial charge in [-0.3, -0.25) is 0 Å². The van der Waals surface area contributed by atoms with E-state index in [2.05, 4.69) is 0 Å². The number of carbonyl (C=O) groups is 1. The zero-order valence-corrected chi connectivity index (χ0v) is 12.8. The van der Waals surface area contributed by atoms with Crippen LogP contribution >= 0.6 is 35.0 Å². The zero-order chi connectivity index (χ0) is 15.4. The van der Waals surface area contributed by atoms with Crippen molar-refractivity contribution < 1.29 is 14.3 Å². The lowest BCUT2D eigenvalue weighted by molar-refractivity contribution is -0.131. The van der Waals surface area contributed by atoms with Crippen molar-refractivity contribution in [1.29, 1.82) is 0 Å². The van der Waals surface area contributed by atoms with Gasteiger partial charge >= 0.3 is 5.97 Å². The maximum Gasteiger partial charge on any atom is 0.328 e. The van der Waals surface area contributed by atoms with Crippen LogP contribution in [0.5, 0.6) is 0 Å². The monoisotopic (exact) mass is 342 g/mol. The molecule has 0 bridgehead atoms. The summed E-state index contributed by atoms with van der Waals surface area (Å²) in [6, 6.07) is 9.43. The molecule has 0 aliphatic carbocycles. The van der Waals surface area contributed by atoms with E-state index in [1.54, 1.807) is 24.3 Å². The van der Waals surface area contributed by atoms with E-state index in [4.69, 9.17) is 28.3 Å². The lowest BCUT2D eigenvalue weighted by atomic mass is 10.2. The van der Waals surface area contributed by atoms with E-state index in [0.717, 1.165) is 11.0 Å². The Labute approximate surface area is 135 Å². The van der Waals surface area contributed by atoms with Crippen molar-refractivity contribution in [1.82, 2.24) is 0 Å². The number of benzene rings is 2. The first-order valence-electron chi connectivity index (χ1n) is 5.80.